The van der Waals surface area contributed by atoms with E-state index in [4.69, 9.17) is 11.5 Å². The quantitative estimate of drug-likeness (QED) is 0.895. The van der Waals surface area contributed by atoms with Crippen molar-refractivity contribution in [2.24, 2.45) is 5.73 Å². The molecule has 3 nitrogen and oxygen atoms in total. The maximum atomic E-state index is 6.57. The van der Waals surface area contributed by atoms with Gasteiger partial charge in [0.15, 0.2) is 0 Å². The Balaban J connectivity index is 1.83. The van der Waals surface area contributed by atoms with E-state index in [1.54, 1.807) is 6.20 Å². The van der Waals surface area contributed by atoms with Crippen LogP contribution in [0.1, 0.15) is 30.4 Å². The topological polar surface area (TPSA) is 64.9 Å². The fraction of sp³-hybridized carbons (Fsp3) is 0.353. The maximum absolute atomic E-state index is 6.57. The molecule has 1 aliphatic rings. The summed E-state index contributed by atoms with van der Waals surface area (Å²) in [5.74, 6) is 0.567. The highest BCUT2D eigenvalue weighted by atomic mass is 14.8. The van der Waals surface area contributed by atoms with Gasteiger partial charge >= 0.3 is 0 Å². The fourth-order valence-corrected chi connectivity index (χ4v) is 3.27. The van der Waals surface area contributed by atoms with Gasteiger partial charge in [-0.2, -0.15) is 0 Å². The molecule has 1 saturated carbocycles. The molecule has 0 aliphatic heterocycles. The number of aromatic nitrogens is 1. The average molecular weight is 267 g/mol. The average Bonchev–Trinajstić information content (AvgIpc) is 2.38. The van der Waals surface area contributed by atoms with E-state index >= 15 is 0 Å². The Morgan fingerprint density at radius 2 is 1.90 bits per heavy atom. The lowest BCUT2D eigenvalue weighted by Gasteiger charge is -2.47. The van der Waals surface area contributed by atoms with E-state index in [1.807, 2.05) is 12.1 Å². The zero-order valence-electron chi connectivity index (χ0n) is 11.6. The van der Waals surface area contributed by atoms with Gasteiger partial charge in [0.05, 0.1) is 0 Å². The van der Waals surface area contributed by atoms with Gasteiger partial charge in [-0.1, -0.05) is 36.8 Å². The predicted octanol–water partition coefficient (Wildman–Crippen LogP) is 2.66. The highest BCUT2D eigenvalue weighted by Crippen LogP contribution is 2.46. The lowest BCUT2D eigenvalue weighted by atomic mass is 9.59. The first-order valence-corrected chi connectivity index (χ1v) is 7.22. The molecule has 104 valence electrons. The molecule has 0 spiro atoms. The second-order valence-corrected chi connectivity index (χ2v) is 5.78. The fourth-order valence-electron chi connectivity index (χ4n) is 3.27. The van der Waals surface area contributed by atoms with Crippen molar-refractivity contribution in [2.75, 3.05) is 5.73 Å². The molecule has 0 amide bonds. The van der Waals surface area contributed by atoms with Crippen LogP contribution < -0.4 is 11.5 Å². The maximum Gasteiger partial charge on any atom is 0.123 e. The number of hydrogen-bond donors (Lipinski definition) is 2. The normalized spacial score (nSPS) is 18.2. The number of benzene rings is 1. The summed E-state index contributed by atoms with van der Waals surface area (Å²) >= 11 is 0. The summed E-state index contributed by atoms with van der Waals surface area (Å²) < 4.78 is 0. The van der Waals surface area contributed by atoms with Gasteiger partial charge in [-0.3, -0.25) is 0 Å². The van der Waals surface area contributed by atoms with Gasteiger partial charge < -0.3 is 11.5 Å². The lowest BCUT2D eigenvalue weighted by Crippen LogP contribution is -2.51. The zero-order valence-corrected chi connectivity index (χ0v) is 11.6. The summed E-state index contributed by atoms with van der Waals surface area (Å²) in [5.41, 5.74) is 15.0. The standard InChI is InChI=1S/C17H21N3/c18-15(11-13-7-10-20-16(19)12-13)17(8-4-9-17)14-5-2-1-3-6-14/h1-3,5-7,10,12,15H,4,8-9,11,18H2,(H2,19,20). The van der Waals surface area contributed by atoms with E-state index in [0.717, 1.165) is 6.42 Å². The van der Waals surface area contributed by atoms with Gasteiger partial charge in [0, 0.05) is 17.7 Å². The number of nitrogen functional groups attached to an aromatic ring is 1. The molecule has 1 fully saturated rings. The van der Waals surface area contributed by atoms with Crippen molar-refractivity contribution in [3.05, 3.63) is 59.8 Å². The third-order valence-corrected chi connectivity index (χ3v) is 4.61. The number of rotatable bonds is 4. The van der Waals surface area contributed by atoms with Crippen LogP contribution in [0.25, 0.3) is 0 Å². The molecule has 20 heavy (non-hydrogen) atoms. The first-order chi connectivity index (χ1) is 9.71. The first kappa shape index (κ1) is 13.1. The van der Waals surface area contributed by atoms with Crippen LogP contribution in [0.5, 0.6) is 0 Å². The van der Waals surface area contributed by atoms with Gasteiger partial charge in [0.25, 0.3) is 0 Å². The molecule has 3 heteroatoms. The van der Waals surface area contributed by atoms with E-state index in [0.29, 0.717) is 5.82 Å². The molecule has 0 bridgehead atoms. The van der Waals surface area contributed by atoms with Crippen LogP contribution >= 0.6 is 0 Å². The molecule has 4 N–H and O–H groups in total. The molecular weight excluding hydrogens is 246 g/mol. The summed E-state index contributed by atoms with van der Waals surface area (Å²) in [7, 11) is 0. The third kappa shape index (κ3) is 2.29. The van der Waals surface area contributed by atoms with E-state index in [-0.39, 0.29) is 11.5 Å². The summed E-state index contributed by atoms with van der Waals surface area (Å²) in [6.07, 6.45) is 6.23. The van der Waals surface area contributed by atoms with Crippen LogP contribution in [0.15, 0.2) is 48.7 Å². The van der Waals surface area contributed by atoms with Crippen LogP contribution in [-0.4, -0.2) is 11.0 Å². The molecule has 1 aromatic heterocycles. The van der Waals surface area contributed by atoms with Crippen molar-refractivity contribution in [3.63, 3.8) is 0 Å². The number of pyridine rings is 1. The van der Waals surface area contributed by atoms with Gasteiger partial charge in [0.1, 0.15) is 5.82 Å². The van der Waals surface area contributed by atoms with Gasteiger partial charge in [-0.15, -0.1) is 0 Å². The van der Waals surface area contributed by atoms with E-state index in [2.05, 4.69) is 35.3 Å². The van der Waals surface area contributed by atoms with Crippen molar-refractivity contribution in [3.8, 4) is 0 Å². The Morgan fingerprint density at radius 1 is 1.15 bits per heavy atom. The second-order valence-electron chi connectivity index (χ2n) is 5.78. The molecule has 0 saturated heterocycles. The number of nitrogens with zero attached hydrogens (tertiary/aromatic N) is 1. The Kier molecular flexibility index (Phi) is 3.45. The van der Waals surface area contributed by atoms with Crippen LogP contribution in [0.2, 0.25) is 0 Å². The summed E-state index contributed by atoms with van der Waals surface area (Å²) in [4.78, 5) is 4.04. The number of anilines is 1. The number of hydrogen-bond acceptors (Lipinski definition) is 3. The van der Waals surface area contributed by atoms with Crippen molar-refractivity contribution in [2.45, 2.75) is 37.1 Å². The minimum Gasteiger partial charge on any atom is -0.384 e. The van der Waals surface area contributed by atoms with Crippen molar-refractivity contribution >= 4 is 5.82 Å². The molecule has 1 heterocycles. The molecule has 2 aromatic rings. The largest absolute Gasteiger partial charge is 0.384 e. The van der Waals surface area contributed by atoms with Crippen molar-refractivity contribution in [1.29, 1.82) is 0 Å². The Labute approximate surface area is 120 Å². The minimum absolute atomic E-state index is 0.125. The van der Waals surface area contributed by atoms with E-state index < -0.39 is 0 Å². The van der Waals surface area contributed by atoms with Crippen LogP contribution in [0.3, 0.4) is 0 Å². The van der Waals surface area contributed by atoms with E-state index in [9.17, 15) is 0 Å². The predicted molar refractivity (Wildman–Crippen MR) is 82.3 cm³/mol. The summed E-state index contributed by atoms with van der Waals surface area (Å²) in [6, 6.07) is 14.7. The first-order valence-electron chi connectivity index (χ1n) is 7.22. The van der Waals surface area contributed by atoms with Crippen LogP contribution in [-0.2, 0) is 11.8 Å². The minimum atomic E-state index is 0.125. The highest BCUT2D eigenvalue weighted by molar-refractivity contribution is 5.35. The molecule has 1 unspecified atom stereocenters. The second kappa shape index (κ2) is 5.25. The van der Waals surface area contributed by atoms with Gasteiger partial charge in [-0.05, 0) is 42.5 Å². The molecule has 3 rings (SSSR count). The molecule has 0 radical (unpaired) electrons. The summed E-state index contributed by atoms with van der Waals surface area (Å²) in [5, 5.41) is 0. The third-order valence-electron chi connectivity index (χ3n) is 4.61. The SMILES string of the molecule is Nc1cc(CC(N)C2(c3ccccc3)CCC2)ccn1. The monoisotopic (exact) mass is 267 g/mol. The van der Waals surface area contributed by atoms with Gasteiger partial charge in [-0.25, -0.2) is 4.98 Å². The molecule has 1 atom stereocenters. The van der Waals surface area contributed by atoms with Crippen molar-refractivity contribution < 1.29 is 0 Å². The van der Waals surface area contributed by atoms with E-state index in [1.165, 1.54) is 30.4 Å². The molecule has 1 aromatic carbocycles. The highest BCUT2D eigenvalue weighted by Gasteiger charge is 2.43. The van der Waals surface area contributed by atoms with Crippen LogP contribution in [0, 0.1) is 0 Å². The van der Waals surface area contributed by atoms with Crippen LogP contribution in [0.4, 0.5) is 5.82 Å². The Hall–Kier alpha value is -1.87. The molecule has 1 aliphatic carbocycles. The zero-order chi connectivity index (χ0) is 14.0. The Bertz CT molecular complexity index is 576. The van der Waals surface area contributed by atoms with Crippen molar-refractivity contribution in [1.82, 2.24) is 4.98 Å². The summed E-state index contributed by atoms with van der Waals surface area (Å²) in [6.45, 7) is 0. The Morgan fingerprint density at radius 3 is 2.50 bits per heavy atom. The number of nitrogens with two attached hydrogens (primary N) is 2. The smallest absolute Gasteiger partial charge is 0.123 e. The lowest BCUT2D eigenvalue weighted by molar-refractivity contribution is 0.194. The molecular formula is C17H21N3. The van der Waals surface area contributed by atoms with Gasteiger partial charge in [0.2, 0.25) is 0 Å².